The third-order valence-electron chi connectivity index (χ3n) is 3.38. The van der Waals surface area contributed by atoms with Gasteiger partial charge in [0.25, 0.3) is 0 Å². The maximum absolute atomic E-state index is 11.7. The van der Waals surface area contributed by atoms with Gasteiger partial charge in [0, 0.05) is 17.8 Å². The van der Waals surface area contributed by atoms with Gasteiger partial charge in [0.15, 0.2) is 0 Å². The highest BCUT2D eigenvalue weighted by molar-refractivity contribution is 7.16. The Kier molecular flexibility index (Phi) is 4.65. The zero-order chi connectivity index (χ0) is 13.0. The Balaban J connectivity index is 1.69. The van der Waals surface area contributed by atoms with Gasteiger partial charge in [-0.15, -0.1) is 11.3 Å². The lowest BCUT2D eigenvalue weighted by molar-refractivity contribution is -0.122. The van der Waals surface area contributed by atoms with Crippen LogP contribution >= 0.6 is 22.9 Å². The van der Waals surface area contributed by atoms with E-state index in [2.05, 4.69) is 5.32 Å². The molecule has 1 fully saturated rings. The van der Waals surface area contributed by atoms with Crippen molar-refractivity contribution >= 4 is 28.8 Å². The average Bonchev–Trinajstić information content (AvgIpc) is 2.94. The fourth-order valence-electron chi connectivity index (χ4n) is 2.28. The van der Waals surface area contributed by atoms with Crippen LogP contribution in [0.1, 0.15) is 37.0 Å². The average molecular weight is 288 g/mol. The number of aliphatic hydroxyl groups is 1. The summed E-state index contributed by atoms with van der Waals surface area (Å²) in [7, 11) is 0. The van der Waals surface area contributed by atoms with E-state index in [1.807, 2.05) is 12.1 Å². The number of nitrogens with one attached hydrogen (secondary N) is 1. The highest BCUT2D eigenvalue weighted by Gasteiger charge is 2.31. The summed E-state index contributed by atoms with van der Waals surface area (Å²) < 4.78 is 0.755. The summed E-state index contributed by atoms with van der Waals surface area (Å²) in [5, 5.41) is 12.9. The van der Waals surface area contributed by atoms with E-state index in [0.717, 1.165) is 34.9 Å². The van der Waals surface area contributed by atoms with Gasteiger partial charge in [0.2, 0.25) is 5.91 Å². The summed E-state index contributed by atoms with van der Waals surface area (Å²) in [6, 6.07) is 3.80. The van der Waals surface area contributed by atoms with Gasteiger partial charge in [-0.05, 0) is 31.4 Å². The first-order chi connectivity index (χ1) is 8.57. The Morgan fingerprint density at radius 2 is 2.17 bits per heavy atom. The second-order valence-corrected chi connectivity index (χ2v) is 6.71. The fourth-order valence-corrected chi connectivity index (χ4v) is 3.37. The predicted octanol–water partition coefficient (Wildman–Crippen LogP) is 2.76. The van der Waals surface area contributed by atoms with Gasteiger partial charge < -0.3 is 10.4 Å². The van der Waals surface area contributed by atoms with Crippen molar-refractivity contribution in [1.82, 2.24) is 5.32 Å². The SMILES string of the molecule is O=C(CCc1ccc(Cl)s1)NCC1(O)CCCC1. The maximum Gasteiger partial charge on any atom is 0.220 e. The molecule has 0 radical (unpaired) electrons. The van der Waals surface area contributed by atoms with Crippen molar-refractivity contribution in [3.8, 4) is 0 Å². The molecule has 0 bridgehead atoms. The van der Waals surface area contributed by atoms with Crippen LogP contribution in [0.2, 0.25) is 4.34 Å². The molecule has 1 saturated carbocycles. The molecule has 0 atom stereocenters. The molecule has 100 valence electrons. The maximum atomic E-state index is 11.7. The van der Waals surface area contributed by atoms with Crippen LogP contribution in [0.25, 0.3) is 0 Å². The molecule has 1 heterocycles. The molecular formula is C13H18ClNO2S. The number of amides is 1. The summed E-state index contributed by atoms with van der Waals surface area (Å²) in [5.74, 6) is -0.000141. The fraction of sp³-hybridized carbons (Fsp3) is 0.615. The standard InChI is InChI=1S/C13H18ClNO2S/c14-11-5-3-10(18-11)4-6-12(16)15-9-13(17)7-1-2-8-13/h3,5,17H,1-2,4,6-9H2,(H,15,16). The summed E-state index contributed by atoms with van der Waals surface area (Å²) >= 11 is 7.33. The second-order valence-electron chi connectivity index (χ2n) is 4.91. The van der Waals surface area contributed by atoms with Crippen molar-refractivity contribution in [3.05, 3.63) is 21.3 Å². The molecule has 1 aliphatic carbocycles. The molecule has 1 aromatic heterocycles. The van der Waals surface area contributed by atoms with Crippen LogP contribution in [-0.2, 0) is 11.2 Å². The molecule has 18 heavy (non-hydrogen) atoms. The molecule has 3 nitrogen and oxygen atoms in total. The number of carbonyl (C=O) groups is 1. The number of carbonyl (C=O) groups excluding carboxylic acids is 1. The smallest absolute Gasteiger partial charge is 0.220 e. The monoisotopic (exact) mass is 287 g/mol. The van der Waals surface area contributed by atoms with Crippen molar-refractivity contribution in [2.24, 2.45) is 0 Å². The summed E-state index contributed by atoms with van der Waals surface area (Å²) in [4.78, 5) is 12.8. The van der Waals surface area contributed by atoms with Crippen LogP contribution in [0.5, 0.6) is 0 Å². The molecule has 2 N–H and O–H groups in total. The Hall–Kier alpha value is -0.580. The lowest BCUT2D eigenvalue weighted by Gasteiger charge is -2.22. The molecule has 0 unspecified atom stereocenters. The third-order valence-corrected chi connectivity index (χ3v) is 4.67. The van der Waals surface area contributed by atoms with E-state index in [-0.39, 0.29) is 5.91 Å². The van der Waals surface area contributed by atoms with Crippen LogP contribution in [0.4, 0.5) is 0 Å². The van der Waals surface area contributed by atoms with E-state index in [1.165, 1.54) is 11.3 Å². The van der Waals surface area contributed by atoms with Gasteiger partial charge in [0.1, 0.15) is 0 Å². The van der Waals surface area contributed by atoms with E-state index in [1.54, 1.807) is 0 Å². The highest BCUT2D eigenvalue weighted by Crippen LogP contribution is 2.28. The number of rotatable bonds is 5. The molecule has 1 aromatic rings. The van der Waals surface area contributed by atoms with E-state index < -0.39 is 5.60 Å². The van der Waals surface area contributed by atoms with Crippen LogP contribution in [0, 0.1) is 0 Å². The van der Waals surface area contributed by atoms with Crippen LogP contribution in [0.3, 0.4) is 0 Å². The minimum atomic E-state index is -0.665. The molecule has 1 amide bonds. The van der Waals surface area contributed by atoms with Gasteiger partial charge in [-0.2, -0.15) is 0 Å². The number of thiophene rings is 1. The number of aryl methyl sites for hydroxylation is 1. The Morgan fingerprint density at radius 3 is 2.78 bits per heavy atom. The quantitative estimate of drug-likeness (QED) is 0.875. The van der Waals surface area contributed by atoms with E-state index in [0.29, 0.717) is 19.4 Å². The minimum Gasteiger partial charge on any atom is -0.388 e. The normalized spacial score (nSPS) is 17.9. The number of hydrogen-bond donors (Lipinski definition) is 2. The predicted molar refractivity (Wildman–Crippen MR) is 74.1 cm³/mol. The number of hydrogen-bond acceptors (Lipinski definition) is 3. The molecule has 1 aliphatic rings. The highest BCUT2D eigenvalue weighted by atomic mass is 35.5. The number of halogens is 1. The van der Waals surface area contributed by atoms with Crippen molar-refractivity contribution in [2.75, 3.05) is 6.54 Å². The first-order valence-electron chi connectivity index (χ1n) is 6.31. The first kappa shape index (κ1) is 13.8. The second kappa shape index (κ2) is 6.04. The first-order valence-corrected chi connectivity index (χ1v) is 7.50. The van der Waals surface area contributed by atoms with Crippen LogP contribution in [0.15, 0.2) is 12.1 Å². The molecule has 2 rings (SSSR count). The Labute approximate surface area is 116 Å². The van der Waals surface area contributed by atoms with Crippen molar-refractivity contribution in [1.29, 1.82) is 0 Å². The van der Waals surface area contributed by atoms with Crippen molar-refractivity contribution in [3.63, 3.8) is 0 Å². The topological polar surface area (TPSA) is 49.3 Å². The molecule has 0 aliphatic heterocycles. The Bertz CT molecular complexity index is 413. The van der Waals surface area contributed by atoms with Gasteiger partial charge in [-0.1, -0.05) is 24.4 Å². The molecule has 5 heteroatoms. The summed E-state index contributed by atoms with van der Waals surface area (Å²) in [5.41, 5.74) is -0.665. The van der Waals surface area contributed by atoms with Crippen molar-refractivity contribution in [2.45, 2.75) is 44.1 Å². The minimum absolute atomic E-state index is 0.000141. The molecule has 0 saturated heterocycles. The zero-order valence-electron chi connectivity index (χ0n) is 10.2. The summed E-state index contributed by atoms with van der Waals surface area (Å²) in [6.45, 7) is 0.386. The van der Waals surface area contributed by atoms with E-state index in [4.69, 9.17) is 11.6 Å². The Morgan fingerprint density at radius 1 is 1.44 bits per heavy atom. The lowest BCUT2D eigenvalue weighted by atomic mass is 10.0. The van der Waals surface area contributed by atoms with Gasteiger partial charge >= 0.3 is 0 Å². The van der Waals surface area contributed by atoms with Gasteiger partial charge in [0.05, 0.1) is 9.94 Å². The summed E-state index contributed by atoms with van der Waals surface area (Å²) in [6.07, 6.45) is 4.87. The van der Waals surface area contributed by atoms with Gasteiger partial charge in [-0.25, -0.2) is 0 Å². The van der Waals surface area contributed by atoms with Crippen LogP contribution < -0.4 is 5.32 Å². The van der Waals surface area contributed by atoms with Crippen molar-refractivity contribution < 1.29 is 9.90 Å². The molecular weight excluding hydrogens is 270 g/mol. The molecule has 0 aromatic carbocycles. The van der Waals surface area contributed by atoms with Crippen LogP contribution in [-0.4, -0.2) is 23.2 Å². The molecule has 0 spiro atoms. The zero-order valence-corrected chi connectivity index (χ0v) is 11.8. The van der Waals surface area contributed by atoms with Gasteiger partial charge in [-0.3, -0.25) is 4.79 Å². The largest absolute Gasteiger partial charge is 0.388 e. The van der Waals surface area contributed by atoms with E-state index >= 15 is 0 Å². The third kappa shape index (κ3) is 3.97. The lowest BCUT2D eigenvalue weighted by Crippen LogP contribution is -2.40. The van der Waals surface area contributed by atoms with E-state index in [9.17, 15) is 9.90 Å².